The van der Waals surface area contributed by atoms with Gasteiger partial charge in [0, 0.05) is 31.9 Å². The van der Waals surface area contributed by atoms with Gasteiger partial charge in [0.05, 0.1) is 18.7 Å². The maximum Gasteiger partial charge on any atom is 0.296 e. The number of fused-ring (bicyclic) bond motifs is 2. The smallest absolute Gasteiger partial charge is 0.296 e. The van der Waals surface area contributed by atoms with Gasteiger partial charge in [0.25, 0.3) is 6.01 Å². The fraction of sp³-hybridized carbons (Fsp3) is 0.478. The van der Waals surface area contributed by atoms with E-state index < -0.39 is 6.10 Å². The van der Waals surface area contributed by atoms with E-state index in [9.17, 15) is 5.11 Å². The van der Waals surface area contributed by atoms with Crippen molar-refractivity contribution in [1.82, 2.24) is 15.0 Å². The molecule has 2 aromatic heterocycles. The Balaban J connectivity index is 1.17. The molecule has 0 unspecified atom stereocenters. The van der Waals surface area contributed by atoms with E-state index in [0.717, 1.165) is 43.1 Å². The summed E-state index contributed by atoms with van der Waals surface area (Å²) >= 11 is 0. The summed E-state index contributed by atoms with van der Waals surface area (Å²) in [5, 5.41) is 9.92. The number of nitrogens with one attached hydrogen (secondary N) is 1. The molecule has 9 nitrogen and oxygen atoms in total. The number of para-hydroxylation sites is 1. The molecule has 168 valence electrons. The highest BCUT2D eigenvalue weighted by Gasteiger charge is 2.48. The number of rotatable bonds is 4. The maximum absolute atomic E-state index is 9.92. The van der Waals surface area contributed by atoms with Gasteiger partial charge < -0.3 is 34.1 Å². The van der Waals surface area contributed by atoms with E-state index in [4.69, 9.17) is 19.2 Å². The number of imidazole rings is 1. The summed E-state index contributed by atoms with van der Waals surface area (Å²) in [6.07, 6.45) is -1.50. The molecule has 3 fully saturated rings. The Labute approximate surface area is 185 Å². The second-order valence-electron chi connectivity index (χ2n) is 8.67. The zero-order chi connectivity index (χ0) is 21.7. The number of piperazine rings is 1. The number of aliphatic hydroxyl groups is 1. The molecule has 32 heavy (non-hydrogen) atoms. The first-order valence-corrected chi connectivity index (χ1v) is 11.2. The van der Waals surface area contributed by atoms with Crippen LogP contribution in [0.2, 0.25) is 0 Å². The number of hydrogen-bond acceptors (Lipinski definition) is 8. The summed E-state index contributed by atoms with van der Waals surface area (Å²) in [6, 6.07) is 13.0. The topological polar surface area (TPSA) is 96.0 Å². The van der Waals surface area contributed by atoms with Crippen molar-refractivity contribution in [1.29, 1.82) is 0 Å². The second-order valence-corrected chi connectivity index (χ2v) is 8.67. The number of pyridine rings is 1. The van der Waals surface area contributed by atoms with Gasteiger partial charge >= 0.3 is 0 Å². The van der Waals surface area contributed by atoms with E-state index in [2.05, 4.69) is 57.0 Å². The van der Waals surface area contributed by atoms with Crippen molar-refractivity contribution in [3.63, 3.8) is 0 Å². The van der Waals surface area contributed by atoms with Gasteiger partial charge in [0.15, 0.2) is 11.8 Å². The fourth-order valence-corrected chi connectivity index (χ4v) is 4.89. The molecule has 3 aliphatic rings. The highest BCUT2D eigenvalue weighted by atomic mass is 16.6. The predicted octanol–water partition coefficient (Wildman–Crippen LogP) is 1.50. The van der Waals surface area contributed by atoms with Crippen LogP contribution in [0.4, 0.5) is 11.5 Å². The molecule has 0 bridgehead atoms. The zero-order valence-corrected chi connectivity index (χ0v) is 18.0. The first-order chi connectivity index (χ1) is 15.7. The lowest BCUT2D eigenvalue weighted by atomic mass is 10.1. The highest BCUT2D eigenvalue weighted by molar-refractivity contribution is 5.76. The number of aromatic nitrogens is 3. The molecule has 0 radical (unpaired) electrons. The lowest BCUT2D eigenvalue weighted by Gasteiger charge is -2.37. The molecule has 3 aromatic rings. The Morgan fingerprint density at radius 2 is 1.75 bits per heavy atom. The third-order valence-electron chi connectivity index (χ3n) is 6.56. The molecule has 6 rings (SSSR count). The molecule has 3 aliphatic heterocycles. The minimum Gasteiger partial charge on any atom is -0.456 e. The standard InChI is InChI=1S/C23H27N5O4/c1-14-11-16-21(26-23(24-16)32-18-13-31-19-17(29)12-30-20(18)19)25-22(14)28-9-7-27(8-10-28)15-5-3-2-4-6-15/h2-6,11,17-20,29H,7-10,12-13H2,1H3,(H,24,25,26)/t17-,18-,19-,20-/m1/s1. The van der Waals surface area contributed by atoms with Gasteiger partial charge in [-0.05, 0) is 30.7 Å². The summed E-state index contributed by atoms with van der Waals surface area (Å²) in [5.74, 6) is 0.967. The Hall–Kier alpha value is -2.88. The number of H-pyrrole nitrogens is 1. The molecule has 9 heteroatoms. The number of aromatic amines is 1. The normalized spacial score (nSPS) is 27.8. The third-order valence-corrected chi connectivity index (χ3v) is 6.56. The number of aryl methyl sites for hydroxylation is 1. The van der Waals surface area contributed by atoms with Crippen molar-refractivity contribution in [3.8, 4) is 6.01 Å². The first-order valence-electron chi connectivity index (χ1n) is 11.2. The molecule has 4 atom stereocenters. The summed E-state index contributed by atoms with van der Waals surface area (Å²) in [4.78, 5) is 17.4. The van der Waals surface area contributed by atoms with Crippen molar-refractivity contribution in [2.45, 2.75) is 31.3 Å². The van der Waals surface area contributed by atoms with Gasteiger partial charge in [-0.1, -0.05) is 18.2 Å². The van der Waals surface area contributed by atoms with Crippen LogP contribution in [0.3, 0.4) is 0 Å². The predicted molar refractivity (Wildman–Crippen MR) is 119 cm³/mol. The minimum absolute atomic E-state index is 0.274. The van der Waals surface area contributed by atoms with Crippen molar-refractivity contribution >= 4 is 22.7 Å². The quantitative estimate of drug-likeness (QED) is 0.634. The molecule has 2 N–H and O–H groups in total. The van der Waals surface area contributed by atoms with E-state index in [1.807, 2.05) is 6.07 Å². The number of anilines is 2. The lowest BCUT2D eigenvalue weighted by molar-refractivity contribution is 0.00706. The van der Waals surface area contributed by atoms with Gasteiger partial charge in [0.2, 0.25) is 0 Å². The van der Waals surface area contributed by atoms with E-state index in [0.29, 0.717) is 18.3 Å². The van der Waals surface area contributed by atoms with Crippen LogP contribution >= 0.6 is 0 Å². The first kappa shape index (κ1) is 19.8. The van der Waals surface area contributed by atoms with Crippen LogP contribution < -0.4 is 14.5 Å². The Kier molecular flexibility index (Phi) is 4.89. The van der Waals surface area contributed by atoms with Crippen molar-refractivity contribution in [2.75, 3.05) is 49.2 Å². The zero-order valence-electron chi connectivity index (χ0n) is 18.0. The van der Waals surface area contributed by atoms with Gasteiger partial charge in [-0.25, -0.2) is 4.98 Å². The molecule has 1 aromatic carbocycles. The molecule has 0 saturated carbocycles. The van der Waals surface area contributed by atoms with Crippen LogP contribution in [0.1, 0.15) is 5.56 Å². The van der Waals surface area contributed by atoms with Crippen LogP contribution in [-0.4, -0.2) is 83.9 Å². The van der Waals surface area contributed by atoms with Crippen LogP contribution in [0.15, 0.2) is 36.4 Å². The van der Waals surface area contributed by atoms with Crippen molar-refractivity contribution < 1.29 is 19.3 Å². The number of ether oxygens (including phenoxy) is 3. The number of benzene rings is 1. The lowest BCUT2D eigenvalue weighted by Crippen LogP contribution is -2.47. The summed E-state index contributed by atoms with van der Waals surface area (Å²) in [6.45, 7) is 6.44. The third kappa shape index (κ3) is 3.46. The fourth-order valence-electron chi connectivity index (χ4n) is 4.89. The maximum atomic E-state index is 9.92. The Morgan fingerprint density at radius 1 is 1.00 bits per heavy atom. The van der Waals surface area contributed by atoms with Gasteiger partial charge in [-0.2, -0.15) is 4.98 Å². The summed E-state index contributed by atoms with van der Waals surface area (Å²) in [7, 11) is 0. The highest BCUT2D eigenvalue weighted by Crippen LogP contribution is 2.30. The average Bonchev–Trinajstić information content (AvgIpc) is 3.51. The monoisotopic (exact) mass is 437 g/mol. The van der Waals surface area contributed by atoms with Crippen LogP contribution in [0, 0.1) is 6.92 Å². The number of aliphatic hydroxyl groups excluding tert-OH is 1. The SMILES string of the molecule is Cc1cc2[nH]c(O[C@@H]3CO[C@H]4[C@@H]3OC[C@H]4O)nc2nc1N1CCN(c2ccccc2)CC1. The van der Waals surface area contributed by atoms with Crippen LogP contribution in [0.25, 0.3) is 11.2 Å². The second kappa shape index (κ2) is 7.91. The van der Waals surface area contributed by atoms with E-state index >= 15 is 0 Å². The summed E-state index contributed by atoms with van der Waals surface area (Å²) < 4.78 is 17.3. The molecule has 0 aliphatic carbocycles. The molecular weight excluding hydrogens is 410 g/mol. The van der Waals surface area contributed by atoms with Crippen LogP contribution in [0.5, 0.6) is 6.01 Å². The van der Waals surface area contributed by atoms with Crippen molar-refractivity contribution in [2.24, 2.45) is 0 Å². The van der Waals surface area contributed by atoms with E-state index in [1.54, 1.807) is 0 Å². The summed E-state index contributed by atoms with van der Waals surface area (Å²) in [5.41, 5.74) is 3.84. The number of hydrogen-bond donors (Lipinski definition) is 2. The molecule has 0 spiro atoms. The van der Waals surface area contributed by atoms with Crippen LogP contribution in [-0.2, 0) is 9.47 Å². The molecule has 0 amide bonds. The van der Waals surface area contributed by atoms with E-state index in [1.165, 1.54) is 5.69 Å². The van der Waals surface area contributed by atoms with E-state index in [-0.39, 0.29) is 24.9 Å². The molecule has 3 saturated heterocycles. The van der Waals surface area contributed by atoms with Gasteiger partial charge in [0.1, 0.15) is 24.1 Å². The molecular formula is C23H27N5O4. The Morgan fingerprint density at radius 3 is 2.56 bits per heavy atom. The minimum atomic E-state index is -0.599. The Bertz CT molecular complexity index is 1100. The average molecular weight is 438 g/mol. The van der Waals surface area contributed by atoms with Crippen molar-refractivity contribution in [3.05, 3.63) is 42.0 Å². The van der Waals surface area contributed by atoms with Gasteiger partial charge in [-0.3, -0.25) is 0 Å². The largest absolute Gasteiger partial charge is 0.456 e. The number of nitrogens with zero attached hydrogens (tertiary/aromatic N) is 4. The van der Waals surface area contributed by atoms with Gasteiger partial charge in [-0.15, -0.1) is 0 Å². The molecule has 5 heterocycles.